The Balaban J connectivity index is 2.42. The predicted molar refractivity (Wildman–Crippen MR) is 63.7 cm³/mol. The number of H-pyrrole nitrogens is 1. The zero-order valence-corrected chi connectivity index (χ0v) is 10.4. The maximum absolute atomic E-state index is 13.4. The second kappa shape index (κ2) is 4.55. The van der Waals surface area contributed by atoms with Gasteiger partial charge in [-0.1, -0.05) is 12.1 Å². The Hall–Kier alpha value is -1.66. The molecular formula is C11H7ClFNO3S. The summed E-state index contributed by atoms with van der Waals surface area (Å²) < 4.78 is 35.4. The summed E-state index contributed by atoms with van der Waals surface area (Å²) in [6.45, 7) is 0. The van der Waals surface area contributed by atoms with Crippen molar-refractivity contribution < 1.29 is 17.6 Å². The van der Waals surface area contributed by atoms with Crippen molar-refractivity contribution >= 4 is 25.5 Å². The fourth-order valence-electron chi connectivity index (χ4n) is 1.45. The minimum absolute atomic E-state index is 0.0272. The lowest BCUT2D eigenvalue weighted by Crippen LogP contribution is -2.02. The van der Waals surface area contributed by atoms with Crippen molar-refractivity contribution in [3.05, 3.63) is 53.5 Å². The highest BCUT2D eigenvalue weighted by atomic mass is 35.7. The van der Waals surface area contributed by atoms with Crippen molar-refractivity contribution in [3.63, 3.8) is 0 Å². The molecule has 1 N–H and O–H groups in total. The van der Waals surface area contributed by atoms with Crippen molar-refractivity contribution in [1.29, 1.82) is 0 Å². The van der Waals surface area contributed by atoms with E-state index in [0.29, 0.717) is 0 Å². The molecule has 18 heavy (non-hydrogen) atoms. The lowest BCUT2D eigenvalue weighted by Gasteiger charge is -1.99. The van der Waals surface area contributed by atoms with Gasteiger partial charge in [0.05, 0.1) is 5.56 Å². The van der Waals surface area contributed by atoms with Crippen LogP contribution in [0, 0.1) is 5.82 Å². The van der Waals surface area contributed by atoms with E-state index in [1.165, 1.54) is 24.4 Å². The summed E-state index contributed by atoms with van der Waals surface area (Å²) >= 11 is 0. The van der Waals surface area contributed by atoms with Gasteiger partial charge in [0.1, 0.15) is 10.8 Å². The maximum atomic E-state index is 13.4. The number of carbonyl (C=O) groups excluding carboxylic acids is 1. The zero-order valence-electron chi connectivity index (χ0n) is 8.85. The third-order valence-electron chi connectivity index (χ3n) is 2.30. The van der Waals surface area contributed by atoms with Gasteiger partial charge in [-0.2, -0.15) is 0 Å². The second-order valence-corrected chi connectivity index (χ2v) is 6.03. The minimum atomic E-state index is -3.94. The Labute approximate surface area is 107 Å². The normalized spacial score (nSPS) is 11.4. The van der Waals surface area contributed by atoms with Gasteiger partial charge in [-0.25, -0.2) is 12.8 Å². The molecule has 0 aliphatic rings. The number of benzene rings is 1. The van der Waals surface area contributed by atoms with E-state index in [1.54, 1.807) is 0 Å². The molecular weight excluding hydrogens is 281 g/mol. The summed E-state index contributed by atoms with van der Waals surface area (Å²) in [6, 6.07) is 6.51. The van der Waals surface area contributed by atoms with Gasteiger partial charge in [-0.05, 0) is 18.2 Å². The molecule has 2 aromatic rings. The molecule has 1 aromatic carbocycles. The average Bonchev–Trinajstić information content (AvgIpc) is 2.77. The molecule has 0 aliphatic heterocycles. The molecule has 2 rings (SSSR count). The van der Waals surface area contributed by atoms with Gasteiger partial charge in [0, 0.05) is 22.4 Å². The summed E-state index contributed by atoms with van der Waals surface area (Å²) in [4.78, 5) is 14.3. The Bertz CT molecular complexity index is 709. The van der Waals surface area contributed by atoms with Gasteiger partial charge in [-0.3, -0.25) is 4.79 Å². The number of halogens is 2. The molecule has 0 unspecified atom stereocenters. The van der Waals surface area contributed by atoms with Crippen LogP contribution in [-0.4, -0.2) is 19.2 Å². The summed E-state index contributed by atoms with van der Waals surface area (Å²) in [7, 11) is 1.17. The molecule has 0 saturated carbocycles. The lowest BCUT2D eigenvalue weighted by molar-refractivity contribution is 0.103. The van der Waals surface area contributed by atoms with Crippen LogP contribution in [0.4, 0.5) is 4.39 Å². The Morgan fingerprint density at radius 1 is 1.28 bits per heavy atom. The molecule has 0 radical (unpaired) electrons. The molecule has 0 bridgehead atoms. The van der Waals surface area contributed by atoms with Crippen LogP contribution in [0.2, 0.25) is 0 Å². The van der Waals surface area contributed by atoms with Gasteiger partial charge in [0.15, 0.2) is 5.78 Å². The Morgan fingerprint density at radius 3 is 2.50 bits per heavy atom. The molecule has 1 heterocycles. The molecule has 0 saturated heterocycles. The van der Waals surface area contributed by atoms with Crippen LogP contribution >= 0.6 is 10.7 Å². The van der Waals surface area contributed by atoms with Crippen LogP contribution in [-0.2, 0) is 9.05 Å². The summed E-state index contributed by atoms with van der Waals surface area (Å²) in [5.74, 6) is -1.28. The van der Waals surface area contributed by atoms with E-state index in [2.05, 4.69) is 4.98 Å². The number of aromatic amines is 1. The van der Waals surface area contributed by atoms with Crippen LogP contribution in [0.15, 0.2) is 41.6 Å². The van der Waals surface area contributed by atoms with E-state index in [0.717, 1.165) is 12.1 Å². The Kier molecular flexibility index (Phi) is 3.23. The highest BCUT2D eigenvalue weighted by molar-refractivity contribution is 8.13. The van der Waals surface area contributed by atoms with Gasteiger partial charge in [0.25, 0.3) is 9.05 Å². The van der Waals surface area contributed by atoms with E-state index in [9.17, 15) is 17.6 Å². The number of rotatable bonds is 3. The molecule has 0 amide bonds. The van der Waals surface area contributed by atoms with Gasteiger partial charge >= 0.3 is 0 Å². The highest BCUT2D eigenvalue weighted by Gasteiger charge is 2.18. The first-order valence-corrected chi connectivity index (χ1v) is 7.13. The van der Waals surface area contributed by atoms with Gasteiger partial charge < -0.3 is 4.98 Å². The number of ketones is 1. The predicted octanol–water partition coefficient (Wildman–Crippen LogP) is 2.31. The van der Waals surface area contributed by atoms with Gasteiger partial charge in [-0.15, -0.1) is 0 Å². The molecule has 0 spiro atoms. The number of hydrogen-bond donors (Lipinski definition) is 1. The summed E-state index contributed by atoms with van der Waals surface area (Å²) in [5, 5.41) is -0.302. The fraction of sp³-hybridized carbons (Fsp3) is 0. The molecule has 0 atom stereocenters. The standard InChI is InChI=1S/C11H7ClFNO3S/c12-18(16,17)10-5-7(6-14-10)11(15)8-3-1-2-4-9(8)13/h1-6,14H. The monoisotopic (exact) mass is 287 g/mol. The van der Waals surface area contributed by atoms with Crippen molar-refractivity contribution in [2.24, 2.45) is 0 Å². The minimum Gasteiger partial charge on any atom is -0.351 e. The lowest BCUT2D eigenvalue weighted by atomic mass is 10.1. The van der Waals surface area contributed by atoms with E-state index < -0.39 is 20.7 Å². The van der Waals surface area contributed by atoms with E-state index in [1.807, 2.05) is 0 Å². The van der Waals surface area contributed by atoms with Gasteiger partial charge in [0.2, 0.25) is 0 Å². The number of hydrogen-bond acceptors (Lipinski definition) is 3. The second-order valence-electron chi connectivity index (χ2n) is 3.50. The molecule has 0 fully saturated rings. The first-order valence-electron chi connectivity index (χ1n) is 4.82. The van der Waals surface area contributed by atoms with Crippen LogP contribution < -0.4 is 0 Å². The van der Waals surface area contributed by atoms with Crippen molar-refractivity contribution in [2.75, 3.05) is 0 Å². The summed E-state index contributed by atoms with van der Waals surface area (Å²) in [5.41, 5.74) is -0.102. The van der Waals surface area contributed by atoms with E-state index >= 15 is 0 Å². The maximum Gasteiger partial charge on any atom is 0.276 e. The first-order chi connectivity index (χ1) is 8.39. The molecule has 7 heteroatoms. The molecule has 0 aliphatic carbocycles. The Morgan fingerprint density at radius 2 is 1.94 bits per heavy atom. The highest BCUT2D eigenvalue weighted by Crippen LogP contribution is 2.18. The largest absolute Gasteiger partial charge is 0.351 e. The number of carbonyl (C=O) groups is 1. The zero-order chi connectivity index (χ0) is 13.3. The van der Waals surface area contributed by atoms with Crippen LogP contribution in [0.3, 0.4) is 0 Å². The van der Waals surface area contributed by atoms with Crippen LogP contribution in [0.5, 0.6) is 0 Å². The smallest absolute Gasteiger partial charge is 0.276 e. The number of aromatic nitrogens is 1. The fourth-order valence-corrected chi connectivity index (χ4v) is 2.18. The average molecular weight is 288 g/mol. The van der Waals surface area contributed by atoms with Crippen LogP contribution in [0.25, 0.3) is 0 Å². The SMILES string of the molecule is O=C(c1c[nH]c(S(=O)(=O)Cl)c1)c1ccccc1F. The van der Waals surface area contributed by atoms with E-state index in [-0.39, 0.29) is 16.2 Å². The molecule has 1 aromatic heterocycles. The summed E-state index contributed by atoms with van der Waals surface area (Å²) in [6.07, 6.45) is 1.17. The topological polar surface area (TPSA) is 67.0 Å². The van der Waals surface area contributed by atoms with Crippen molar-refractivity contribution in [2.45, 2.75) is 5.03 Å². The van der Waals surface area contributed by atoms with Crippen molar-refractivity contribution in [3.8, 4) is 0 Å². The van der Waals surface area contributed by atoms with E-state index in [4.69, 9.17) is 10.7 Å². The number of nitrogens with one attached hydrogen (secondary N) is 1. The quantitative estimate of drug-likeness (QED) is 0.696. The third kappa shape index (κ3) is 2.44. The first kappa shape index (κ1) is 12.8. The van der Waals surface area contributed by atoms with Crippen molar-refractivity contribution in [1.82, 2.24) is 4.98 Å². The molecule has 4 nitrogen and oxygen atoms in total. The molecule has 94 valence electrons. The third-order valence-corrected chi connectivity index (χ3v) is 3.56. The van der Waals surface area contributed by atoms with Crippen LogP contribution in [0.1, 0.15) is 15.9 Å².